The van der Waals surface area contributed by atoms with E-state index in [0.717, 1.165) is 17.2 Å². The van der Waals surface area contributed by atoms with E-state index in [0.29, 0.717) is 16.3 Å². The smallest absolute Gasteiger partial charge is 0.279 e. The molecule has 0 aliphatic rings. The van der Waals surface area contributed by atoms with Gasteiger partial charge in [-0.3, -0.25) is 4.79 Å². The Morgan fingerprint density at radius 3 is 2.58 bits per heavy atom. The molecule has 1 atom stereocenters. The summed E-state index contributed by atoms with van der Waals surface area (Å²) >= 11 is 6.16. The Balaban J connectivity index is 1.98. The molecular formula is C18H20ClF2N2O+. The molecule has 0 aromatic heterocycles. The van der Waals surface area contributed by atoms with Gasteiger partial charge < -0.3 is 10.6 Å². The summed E-state index contributed by atoms with van der Waals surface area (Å²) in [4.78, 5) is 12.1. The first-order valence-corrected chi connectivity index (χ1v) is 8.00. The fraction of sp³-hybridized carbons (Fsp3) is 0.278. The van der Waals surface area contributed by atoms with Crippen LogP contribution in [0, 0.1) is 25.5 Å². The third kappa shape index (κ3) is 4.52. The van der Waals surface area contributed by atoms with Gasteiger partial charge in [-0.15, -0.1) is 0 Å². The van der Waals surface area contributed by atoms with Crippen molar-refractivity contribution in [2.24, 2.45) is 0 Å². The van der Waals surface area contributed by atoms with E-state index in [1.165, 1.54) is 12.1 Å². The second-order valence-electron chi connectivity index (χ2n) is 5.88. The van der Waals surface area contributed by atoms with Gasteiger partial charge in [0.15, 0.2) is 6.54 Å². The van der Waals surface area contributed by atoms with Crippen LogP contribution in [0.3, 0.4) is 0 Å². The summed E-state index contributed by atoms with van der Waals surface area (Å²) in [6, 6.07) is 6.84. The van der Waals surface area contributed by atoms with Gasteiger partial charge in [0.2, 0.25) is 0 Å². The van der Waals surface area contributed by atoms with Crippen molar-refractivity contribution < 1.29 is 18.9 Å². The summed E-state index contributed by atoms with van der Waals surface area (Å²) in [6.45, 7) is 5.65. The molecule has 128 valence electrons. The van der Waals surface area contributed by atoms with Crippen LogP contribution < -0.4 is 10.6 Å². The molecule has 0 heterocycles. The molecule has 2 aromatic rings. The molecule has 2 aromatic carbocycles. The van der Waals surface area contributed by atoms with Crippen LogP contribution >= 0.6 is 11.6 Å². The van der Waals surface area contributed by atoms with E-state index < -0.39 is 11.6 Å². The first-order valence-electron chi connectivity index (χ1n) is 7.62. The molecule has 3 nitrogen and oxygen atoms in total. The number of rotatable bonds is 5. The van der Waals surface area contributed by atoms with Crippen LogP contribution in [0.2, 0.25) is 5.02 Å². The molecule has 0 bridgehead atoms. The maximum absolute atomic E-state index is 13.7. The summed E-state index contributed by atoms with van der Waals surface area (Å²) in [6.07, 6.45) is 0. The zero-order chi connectivity index (χ0) is 17.9. The number of anilines is 1. The lowest BCUT2D eigenvalue weighted by Crippen LogP contribution is -2.86. The number of carbonyl (C=O) groups is 1. The molecule has 0 radical (unpaired) electrons. The van der Waals surface area contributed by atoms with Crippen molar-refractivity contribution in [2.45, 2.75) is 26.8 Å². The maximum Gasteiger partial charge on any atom is 0.279 e. The lowest BCUT2D eigenvalue weighted by molar-refractivity contribution is -0.682. The number of hydrogen-bond acceptors (Lipinski definition) is 1. The van der Waals surface area contributed by atoms with Gasteiger partial charge in [-0.05, 0) is 50.1 Å². The highest BCUT2D eigenvalue weighted by Crippen LogP contribution is 2.27. The largest absolute Gasteiger partial charge is 0.332 e. The molecule has 24 heavy (non-hydrogen) atoms. The topological polar surface area (TPSA) is 45.7 Å². The van der Waals surface area contributed by atoms with E-state index in [-0.39, 0.29) is 18.5 Å². The fourth-order valence-corrected chi connectivity index (χ4v) is 2.91. The predicted molar refractivity (Wildman–Crippen MR) is 91.1 cm³/mol. The van der Waals surface area contributed by atoms with Gasteiger partial charge in [-0.25, -0.2) is 8.78 Å². The van der Waals surface area contributed by atoms with E-state index in [1.807, 2.05) is 19.9 Å². The lowest BCUT2D eigenvalue weighted by Gasteiger charge is -2.14. The van der Waals surface area contributed by atoms with Crippen molar-refractivity contribution in [3.05, 3.63) is 63.7 Å². The maximum atomic E-state index is 13.7. The van der Waals surface area contributed by atoms with E-state index >= 15 is 0 Å². The molecule has 3 N–H and O–H groups in total. The van der Waals surface area contributed by atoms with Crippen LogP contribution in [-0.2, 0) is 4.79 Å². The Kier molecular flexibility index (Phi) is 5.91. The summed E-state index contributed by atoms with van der Waals surface area (Å²) in [5.74, 6) is -1.47. The standard InChI is InChI=1S/C18H19ClF2N2O/c1-10-6-11(2)18(15(19)7-10)23-17(24)9-22-12(3)14-5-4-13(20)8-16(14)21/h4-8,12,22H,9H2,1-3H3,(H,23,24)/p+1/t12-/m1/s1. The summed E-state index contributed by atoms with van der Waals surface area (Å²) in [7, 11) is 0. The van der Waals surface area contributed by atoms with E-state index in [2.05, 4.69) is 5.32 Å². The monoisotopic (exact) mass is 353 g/mol. The van der Waals surface area contributed by atoms with Gasteiger partial charge in [0.1, 0.15) is 17.7 Å². The van der Waals surface area contributed by atoms with Crippen molar-refractivity contribution in [2.75, 3.05) is 11.9 Å². The number of benzene rings is 2. The number of aryl methyl sites for hydroxylation is 2. The van der Waals surface area contributed by atoms with E-state index in [1.54, 1.807) is 18.3 Å². The molecule has 0 saturated heterocycles. The van der Waals surface area contributed by atoms with Gasteiger partial charge in [0.05, 0.1) is 10.7 Å². The number of carbonyl (C=O) groups excluding carboxylic acids is 1. The van der Waals surface area contributed by atoms with E-state index in [4.69, 9.17) is 11.6 Å². The third-order valence-corrected chi connectivity index (χ3v) is 4.10. The summed E-state index contributed by atoms with van der Waals surface area (Å²) in [5.41, 5.74) is 2.84. The number of amides is 1. The van der Waals surface area contributed by atoms with Gasteiger partial charge in [0, 0.05) is 11.6 Å². The van der Waals surface area contributed by atoms with Crippen LogP contribution in [0.5, 0.6) is 0 Å². The molecule has 2 rings (SSSR count). The molecular weight excluding hydrogens is 334 g/mol. The van der Waals surface area contributed by atoms with Crippen molar-refractivity contribution in [1.82, 2.24) is 0 Å². The zero-order valence-corrected chi connectivity index (χ0v) is 14.5. The Labute approximate surface area is 145 Å². The average molecular weight is 354 g/mol. The first-order chi connectivity index (χ1) is 11.3. The third-order valence-electron chi connectivity index (χ3n) is 3.81. The minimum Gasteiger partial charge on any atom is -0.332 e. The van der Waals surface area contributed by atoms with Crippen LogP contribution in [-0.4, -0.2) is 12.5 Å². The Hall–Kier alpha value is -1.98. The number of quaternary nitrogens is 1. The quantitative estimate of drug-likeness (QED) is 0.849. The van der Waals surface area contributed by atoms with Crippen molar-refractivity contribution in [3.63, 3.8) is 0 Å². The minimum absolute atomic E-state index is 0.0988. The zero-order valence-electron chi connectivity index (χ0n) is 13.8. The van der Waals surface area contributed by atoms with Gasteiger partial charge in [-0.1, -0.05) is 17.7 Å². The van der Waals surface area contributed by atoms with Crippen LogP contribution in [0.4, 0.5) is 14.5 Å². The molecule has 0 unspecified atom stereocenters. The predicted octanol–water partition coefficient (Wildman–Crippen LogP) is 3.50. The SMILES string of the molecule is Cc1cc(C)c(NC(=O)C[NH2+][C@H](C)c2ccc(F)cc2F)c(Cl)c1. The Morgan fingerprint density at radius 1 is 1.25 bits per heavy atom. The molecule has 0 fully saturated rings. The molecule has 6 heteroatoms. The molecule has 1 amide bonds. The summed E-state index contributed by atoms with van der Waals surface area (Å²) < 4.78 is 26.7. The van der Waals surface area contributed by atoms with Gasteiger partial charge in [0.25, 0.3) is 5.91 Å². The normalized spacial score (nSPS) is 12.1. The van der Waals surface area contributed by atoms with Crippen LogP contribution in [0.15, 0.2) is 30.3 Å². The number of nitrogens with one attached hydrogen (secondary N) is 1. The highest BCUT2D eigenvalue weighted by atomic mass is 35.5. The van der Waals surface area contributed by atoms with Crippen molar-refractivity contribution in [3.8, 4) is 0 Å². The molecule has 0 aliphatic heterocycles. The van der Waals surface area contributed by atoms with Crippen molar-refractivity contribution in [1.29, 1.82) is 0 Å². The number of halogens is 3. The van der Waals surface area contributed by atoms with Gasteiger partial charge >= 0.3 is 0 Å². The highest BCUT2D eigenvalue weighted by Gasteiger charge is 2.17. The second kappa shape index (κ2) is 7.73. The average Bonchev–Trinajstić information content (AvgIpc) is 2.48. The minimum atomic E-state index is -0.620. The van der Waals surface area contributed by atoms with Crippen LogP contribution in [0.25, 0.3) is 0 Å². The fourth-order valence-electron chi connectivity index (χ4n) is 2.55. The molecule has 0 aliphatic carbocycles. The lowest BCUT2D eigenvalue weighted by atomic mass is 10.1. The van der Waals surface area contributed by atoms with Gasteiger partial charge in [-0.2, -0.15) is 0 Å². The Morgan fingerprint density at radius 2 is 1.96 bits per heavy atom. The second-order valence-corrected chi connectivity index (χ2v) is 6.29. The molecule has 0 saturated carbocycles. The summed E-state index contributed by atoms with van der Waals surface area (Å²) in [5, 5.41) is 4.95. The first kappa shape index (κ1) is 18.4. The van der Waals surface area contributed by atoms with Crippen molar-refractivity contribution >= 4 is 23.2 Å². The van der Waals surface area contributed by atoms with Crippen LogP contribution in [0.1, 0.15) is 29.7 Å². The number of hydrogen-bond donors (Lipinski definition) is 2. The molecule has 0 spiro atoms. The highest BCUT2D eigenvalue weighted by molar-refractivity contribution is 6.34. The van der Waals surface area contributed by atoms with E-state index in [9.17, 15) is 13.6 Å². The Bertz CT molecular complexity index is 742. The number of nitrogens with two attached hydrogens (primary N) is 1.